The molecule has 2 aromatic carbocycles. The molecule has 3 nitrogen and oxygen atoms in total. The van der Waals surface area contributed by atoms with Crippen molar-refractivity contribution >= 4 is 5.69 Å². The number of rotatable bonds is 5. The van der Waals surface area contributed by atoms with Gasteiger partial charge in [0.2, 0.25) is 0 Å². The van der Waals surface area contributed by atoms with Gasteiger partial charge in [-0.05, 0) is 47.9 Å². The summed E-state index contributed by atoms with van der Waals surface area (Å²) < 4.78 is 0. The van der Waals surface area contributed by atoms with Crippen LogP contribution in [0, 0.1) is 0 Å². The molecule has 0 aliphatic rings. The minimum absolute atomic E-state index is 0.0664. The van der Waals surface area contributed by atoms with E-state index in [1.54, 1.807) is 0 Å². The highest BCUT2D eigenvalue weighted by Crippen LogP contribution is 2.26. The zero-order valence-corrected chi connectivity index (χ0v) is 13.2. The maximum absolute atomic E-state index is 5.98. The lowest BCUT2D eigenvalue weighted by Crippen LogP contribution is -2.25. The summed E-state index contributed by atoms with van der Waals surface area (Å²) in [5.41, 5.74) is 10.3. The third kappa shape index (κ3) is 3.76. The average molecular weight is 303 g/mol. The molecule has 1 aromatic heterocycles. The van der Waals surface area contributed by atoms with Gasteiger partial charge in [-0.3, -0.25) is 10.3 Å². The molecule has 1 heterocycles. The van der Waals surface area contributed by atoms with E-state index in [1.807, 2.05) is 48.8 Å². The number of nitrogens with one attached hydrogen (secondary N) is 1. The first-order valence-electron chi connectivity index (χ1n) is 7.80. The van der Waals surface area contributed by atoms with Crippen LogP contribution < -0.4 is 11.1 Å². The highest BCUT2D eigenvalue weighted by molar-refractivity contribution is 5.44. The van der Waals surface area contributed by atoms with Gasteiger partial charge in [-0.15, -0.1) is 0 Å². The van der Waals surface area contributed by atoms with Crippen molar-refractivity contribution in [3.05, 3.63) is 95.8 Å². The zero-order valence-electron chi connectivity index (χ0n) is 13.2. The second-order valence-corrected chi connectivity index (χ2v) is 5.68. The van der Waals surface area contributed by atoms with E-state index in [4.69, 9.17) is 5.73 Å². The number of hydrogen-bond acceptors (Lipinski definition) is 3. The van der Waals surface area contributed by atoms with E-state index in [2.05, 4.69) is 47.6 Å². The Kier molecular flexibility index (Phi) is 4.69. The minimum Gasteiger partial charge on any atom is -0.399 e. The number of benzene rings is 2. The smallest absolute Gasteiger partial charge is 0.0583 e. The molecule has 116 valence electrons. The topological polar surface area (TPSA) is 50.9 Å². The quantitative estimate of drug-likeness (QED) is 0.698. The fourth-order valence-corrected chi connectivity index (χ4v) is 2.77. The largest absolute Gasteiger partial charge is 0.399 e. The van der Waals surface area contributed by atoms with Crippen molar-refractivity contribution in [2.24, 2.45) is 0 Å². The Morgan fingerprint density at radius 3 is 2.22 bits per heavy atom. The first kappa shape index (κ1) is 15.3. The Balaban J connectivity index is 1.93. The van der Waals surface area contributed by atoms with Crippen LogP contribution in [0.25, 0.3) is 0 Å². The van der Waals surface area contributed by atoms with Gasteiger partial charge >= 0.3 is 0 Å². The van der Waals surface area contributed by atoms with Crippen molar-refractivity contribution in [3.8, 4) is 0 Å². The summed E-state index contributed by atoms with van der Waals surface area (Å²) in [6.07, 6.45) is 3.65. The Hall–Kier alpha value is -2.65. The summed E-state index contributed by atoms with van der Waals surface area (Å²) in [5, 5.41) is 3.71. The Morgan fingerprint density at radius 1 is 0.826 bits per heavy atom. The molecule has 2 atom stereocenters. The maximum Gasteiger partial charge on any atom is 0.0583 e. The van der Waals surface area contributed by atoms with Crippen molar-refractivity contribution in [3.63, 3.8) is 0 Å². The summed E-state index contributed by atoms with van der Waals surface area (Å²) in [5.74, 6) is 0. The molecule has 0 spiro atoms. The summed E-state index contributed by atoms with van der Waals surface area (Å²) in [6, 6.07) is 22.8. The number of nitrogen functional groups attached to an aromatic ring is 1. The first-order chi connectivity index (χ1) is 11.2. The van der Waals surface area contributed by atoms with Crippen LogP contribution in [0.5, 0.6) is 0 Å². The van der Waals surface area contributed by atoms with Crippen LogP contribution in [0.3, 0.4) is 0 Å². The van der Waals surface area contributed by atoms with Crippen LogP contribution in [-0.2, 0) is 0 Å². The molecule has 1 unspecified atom stereocenters. The molecule has 0 aliphatic heterocycles. The zero-order chi connectivity index (χ0) is 16.1. The third-order valence-corrected chi connectivity index (χ3v) is 4.00. The SMILES string of the molecule is C[C@H](NC(c1ccncc1)c1cccc(N)c1)c1ccccc1. The van der Waals surface area contributed by atoms with E-state index in [0.29, 0.717) is 0 Å². The highest BCUT2D eigenvalue weighted by Gasteiger charge is 2.17. The van der Waals surface area contributed by atoms with Gasteiger partial charge in [-0.25, -0.2) is 0 Å². The van der Waals surface area contributed by atoms with Gasteiger partial charge in [-0.1, -0.05) is 42.5 Å². The van der Waals surface area contributed by atoms with E-state index >= 15 is 0 Å². The molecule has 0 fully saturated rings. The lowest BCUT2D eigenvalue weighted by atomic mass is 9.97. The molecule has 3 rings (SSSR count). The molecule has 0 amide bonds. The van der Waals surface area contributed by atoms with Gasteiger partial charge < -0.3 is 5.73 Å². The molecule has 0 radical (unpaired) electrons. The molecule has 3 heteroatoms. The van der Waals surface area contributed by atoms with Gasteiger partial charge in [0.25, 0.3) is 0 Å². The van der Waals surface area contributed by atoms with Gasteiger partial charge in [0.1, 0.15) is 0 Å². The molecule has 3 aromatic rings. The Labute approximate surface area is 137 Å². The second kappa shape index (κ2) is 7.07. The standard InChI is InChI=1S/C20H21N3/c1-15(16-6-3-2-4-7-16)23-20(17-10-12-22-13-11-17)18-8-5-9-19(21)14-18/h2-15,20,23H,21H2,1H3/t15-,20?/m0/s1. The molecule has 0 saturated heterocycles. The normalized spacial score (nSPS) is 13.4. The predicted molar refractivity (Wildman–Crippen MR) is 94.9 cm³/mol. The summed E-state index contributed by atoms with van der Waals surface area (Å²) in [6.45, 7) is 2.18. The molecule has 0 saturated carbocycles. The minimum atomic E-state index is 0.0664. The number of hydrogen-bond donors (Lipinski definition) is 2. The number of nitrogens with zero attached hydrogens (tertiary/aromatic N) is 1. The lowest BCUT2D eigenvalue weighted by molar-refractivity contribution is 0.516. The van der Waals surface area contributed by atoms with Gasteiger partial charge in [0.15, 0.2) is 0 Å². The van der Waals surface area contributed by atoms with E-state index in [0.717, 1.165) is 11.3 Å². The van der Waals surface area contributed by atoms with Crippen molar-refractivity contribution in [1.29, 1.82) is 0 Å². The highest BCUT2D eigenvalue weighted by atomic mass is 14.9. The van der Waals surface area contributed by atoms with E-state index in [1.165, 1.54) is 11.1 Å². The fourth-order valence-electron chi connectivity index (χ4n) is 2.77. The lowest BCUT2D eigenvalue weighted by Gasteiger charge is -2.25. The molecule has 0 bridgehead atoms. The monoisotopic (exact) mass is 303 g/mol. The van der Waals surface area contributed by atoms with Crippen LogP contribution in [0.2, 0.25) is 0 Å². The van der Waals surface area contributed by atoms with Crippen molar-refractivity contribution < 1.29 is 0 Å². The molecule has 0 aliphatic carbocycles. The number of nitrogens with two attached hydrogens (primary N) is 1. The van der Waals surface area contributed by atoms with Crippen LogP contribution >= 0.6 is 0 Å². The Morgan fingerprint density at radius 2 is 1.52 bits per heavy atom. The van der Waals surface area contributed by atoms with E-state index < -0.39 is 0 Å². The predicted octanol–water partition coefficient (Wildman–Crippen LogP) is 4.10. The average Bonchev–Trinajstić information content (AvgIpc) is 2.61. The third-order valence-electron chi connectivity index (χ3n) is 4.00. The number of anilines is 1. The summed E-state index contributed by atoms with van der Waals surface area (Å²) >= 11 is 0. The van der Waals surface area contributed by atoms with Crippen molar-refractivity contribution in [2.75, 3.05) is 5.73 Å². The first-order valence-corrected chi connectivity index (χ1v) is 7.80. The van der Waals surface area contributed by atoms with E-state index in [-0.39, 0.29) is 12.1 Å². The second-order valence-electron chi connectivity index (χ2n) is 5.68. The fraction of sp³-hybridized carbons (Fsp3) is 0.150. The van der Waals surface area contributed by atoms with Crippen LogP contribution in [0.15, 0.2) is 79.1 Å². The van der Waals surface area contributed by atoms with Crippen LogP contribution in [0.4, 0.5) is 5.69 Å². The van der Waals surface area contributed by atoms with E-state index in [9.17, 15) is 0 Å². The molecular weight excluding hydrogens is 282 g/mol. The molecule has 3 N–H and O–H groups in total. The molecule has 23 heavy (non-hydrogen) atoms. The van der Waals surface area contributed by atoms with Crippen molar-refractivity contribution in [2.45, 2.75) is 19.0 Å². The van der Waals surface area contributed by atoms with Crippen LogP contribution in [-0.4, -0.2) is 4.98 Å². The summed E-state index contributed by atoms with van der Waals surface area (Å²) in [7, 11) is 0. The van der Waals surface area contributed by atoms with Gasteiger partial charge in [0.05, 0.1) is 6.04 Å². The summed E-state index contributed by atoms with van der Waals surface area (Å²) in [4.78, 5) is 4.12. The van der Waals surface area contributed by atoms with Gasteiger partial charge in [0, 0.05) is 24.1 Å². The molecular formula is C20H21N3. The van der Waals surface area contributed by atoms with Crippen LogP contribution in [0.1, 0.15) is 35.7 Å². The maximum atomic E-state index is 5.98. The van der Waals surface area contributed by atoms with Gasteiger partial charge in [-0.2, -0.15) is 0 Å². The Bertz CT molecular complexity index is 741. The number of pyridine rings is 1. The number of aromatic nitrogens is 1. The van der Waals surface area contributed by atoms with Crippen molar-refractivity contribution in [1.82, 2.24) is 10.3 Å².